The molecule has 0 aliphatic rings. The number of nitrogens with zero attached hydrogens (tertiary/aromatic N) is 3. The fourth-order valence-electron chi connectivity index (χ4n) is 3.15. The van der Waals surface area contributed by atoms with Crippen LogP contribution in [-0.2, 0) is 11.3 Å². The molecule has 4 rings (SSSR count). The van der Waals surface area contributed by atoms with Crippen molar-refractivity contribution in [2.45, 2.75) is 6.54 Å². The van der Waals surface area contributed by atoms with Crippen LogP contribution in [0.1, 0.15) is 5.56 Å². The van der Waals surface area contributed by atoms with Crippen molar-refractivity contribution in [1.29, 1.82) is 0 Å². The summed E-state index contributed by atoms with van der Waals surface area (Å²) in [5, 5.41) is 18.3. The molecule has 32 heavy (non-hydrogen) atoms. The number of hydrogen-bond acceptors (Lipinski definition) is 5. The third-order valence-electron chi connectivity index (χ3n) is 4.75. The van der Waals surface area contributed by atoms with E-state index in [1.165, 1.54) is 24.3 Å². The Balaban J connectivity index is 1.44. The van der Waals surface area contributed by atoms with Crippen molar-refractivity contribution >= 4 is 11.6 Å². The van der Waals surface area contributed by atoms with Gasteiger partial charge in [-0.05, 0) is 24.3 Å². The van der Waals surface area contributed by atoms with E-state index in [1.54, 1.807) is 4.68 Å². The van der Waals surface area contributed by atoms with Crippen LogP contribution in [0, 0.1) is 10.1 Å². The van der Waals surface area contributed by atoms with E-state index in [9.17, 15) is 14.9 Å². The first-order chi connectivity index (χ1) is 15.6. The molecule has 0 saturated carbocycles. The van der Waals surface area contributed by atoms with E-state index < -0.39 is 4.92 Å². The van der Waals surface area contributed by atoms with E-state index in [2.05, 4.69) is 5.32 Å². The molecule has 0 bridgehead atoms. The first-order valence-corrected chi connectivity index (χ1v) is 9.93. The fraction of sp³-hybridized carbons (Fsp3) is 0.0833. The van der Waals surface area contributed by atoms with Crippen LogP contribution >= 0.6 is 0 Å². The Morgan fingerprint density at radius 2 is 1.62 bits per heavy atom. The number of hydrogen-bond donors (Lipinski definition) is 1. The Labute approximate surface area is 184 Å². The summed E-state index contributed by atoms with van der Waals surface area (Å²) in [7, 11) is 0. The van der Waals surface area contributed by atoms with E-state index in [-0.39, 0.29) is 24.7 Å². The summed E-state index contributed by atoms with van der Waals surface area (Å²) in [5.41, 5.74) is 3.48. The summed E-state index contributed by atoms with van der Waals surface area (Å²) in [6.45, 7) is 0.0742. The van der Waals surface area contributed by atoms with Crippen LogP contribution in [0.25, 0.3) is 16.9 Å². The van der Waals surface area contributed by atoms with Gasteiger partial charge < -0.3 is 10.1 Å². The van der Waals surface area contributed by atoms with Crippen molar-refractivity contribution in [2.24, 2.45) is 0 Å². The number of carbonyl (C=O) groups excluding carboxylic acids is 1. The van der Waals surface area contributed by atoms with Crippen LogP contribution in [0.5, 0.6) is 5.75 Å². The van der Waals surface area contributed by atoms with Gasteiger partial charge in [0.05, 0.1) is 16.3 Å². The minimum atomic E-state index is -0.490. The predicted molar refractivity (Wildman–Crippen MR) is 119 cm³/mol. The maximum absolute atomic E-state index is 12.3. The number of ether oxygens (including phenoxy) is 1. The molecule has 0 aliphatic carbocycles. The third kappa shape index (κ3) is 4.99. The van der Waals surface area contributed by atoms with Gasteiger partial charge in [0, 0.05) is 36.0 Å². The lowest BCUT2D eigenvalue weighted by Crippen LogP contribution is -2.28. The predicted octanol–water partition coefficient (Wildman–Crippen LogP) is 4.14. The molecule has 4 aromatic rings. The molecule has 1 N–H and O–H groups in total. The maximum Gasteiger partial charge on any atom is 0.269 e. The average Bonchev–Trinajstić information content (AvgIpc) is 3.27. The topological polar surface area (TPSA) is 99.3 Å². The van der Waals surface area contributed by atoms with Crippen LogP contribution in [-0.4, -0.2) is 27.2 Å². The van der Waals surface area contributed by atoms with Crippen molar-refractivity contribution in [1.82, 2.24) is 15.1 Å². The van der Waals surface area contributed by atoms with E-state index in [4.69, 9.17) is 9.84 Å². The Hall–Kier alpha value is -4.46. The Kier molecular flexibility index (Phi) is 6.22. The first kappa shape index (κ1) is 20.8. The second-order valence-electron chi connectivity index (χ2n) is 6.97. The number of carbonyl (C=O) groups is 1. The molecule has 160 valence electrons. The highest BCUT2D eigenvalue weighted by Gasteiger charge is 2.14. The summed E-state index contributed by atoms with van der Waals surface area (Å²) in [6, 6.07) is 25.1. The second kappa shape index (κ2) is 9.57. The second-order valence-corrected chi connectivity index (χ2v) is 6.97. The van der Waals surface area contributed by atoms with Crippen LogP contribution in [0.3, 0.4) is 0 Å². The Bertz CT molecular complexity index is 1210. The van der Waals surface area contributed by atoms with Gasteiger partial charge in [-0.3, -0.25) is 14.9 Å². The standard InChI is InChI=1S/C24H20N4O4/c29-23(17-32-22-13-11-21(12-14-22)28(30)31)25-15-19-16-27(20-9-5-2-6-10-20)26-24(19)18-7-3-1-4-8-18/h1-14,16H,15,17H2,(H,25,29). The average molecular weight is 428 g/mol. The van der Waals surface area contributed by atoms with Crippen molar-refractivity contribution in [3.63, 3.8) is 0 Å². The molecule has 0 unspecified atom stereocenters. The zero-order chi connectivity index (χ0) is 22.3. The molecule has 0 atom stereocenters. The smallest absolute Gasteiger partial charge is 0.269 e. The van der Waals surface area contributed by atoms with E-state index in [0.717, 1.165) is 22.5 Å². The zero-order valence-electron chi connectivity index (χ0n) is 17.0. The quantitative estimate of drug-likeness (QED) is 0.336. The molecule has 8 nitrogen and oxygen atoms in total. The zero-order valence-corrected chi connectivity index (χ0v) is 17.0. The van der Waals surface area contributed by atoms with Crippen LogP contribution in [0.15, 0.2) is 91.1 Å². The van der Waals surface area contributed by atoms with E-state index >= 15 is 0 Å². The molecule has 3 aromatic carbocycles. The highest BCUT2D eigenvalue weighted by molar-refractivity contribution is 5.78. The number of non-ortho nitro benzene ring substituents is 1. The summed E-state index contributed by atoms with van der Waals surface area (Å²) in [4.78, 5) is 22.5. The molecule has 8 heteroatoms. The van der Waals surface area contributed by atoms with Crippen molar-refractivity contribution in [3.8, 4) is 22.7 Å². The molecular weight excluding hydrogens is 408 g/mol. The van der Waals surface area contributed by atoms with Gasteiger partial charge in [-0.15, -0.1) is 0 Å². The molecule has 0 aliphatic heterocycles. The van der Waals surface area contributed by atoms with Crippen molar-refractivity contribution in [3.05, 3.63) is 107 Å². The lowest BCUT2D eigenvalue weighted by molar-refractivity contribution is -0.384. The van der Waals surface area contributed by atoms with Crippen molar-refractivity contribution in [2.75, 3.05) is 6.61 Å². The summed E-state index contributed by atoms with van der Waals surface area (Å²) < 4.78 is 7.21. The van der Waals surface area contributed by atoms with Gasteiger partial charge in [0.1, 0.15) is 5.75 Å². The third-order valence-corrected chi connectivity index (χ3v) is 4.75. The molecule has 1 aromatic heterocycles. The van der Waals surface area contributed by atoms with Crippen LogP contribution < -0.4 is 10.1 Å². The lowest BCUT2D eigenvalue weighted by atomic mass is 10.1. The molecule has 0 spiro atoms. The molecule has 0 saturated heterocycles. The summed E-state index contributed by atoms with van der Waals surface area (Å²) in [5.74, 6) is 0.0717. The van der Waals surface area contributed by atoms with Crippen LogP contribution in [0.4, 0.5) is 5.69 Å². The number of aromatic nitrogens is 2. The van der Waals surface area contributed by atoms with Gasteiger partial charge in [-0.2, -0.15) is 5.10 Å². The van der Waals surface area contributed by atoms with Gasteiger partial charge in [0.15, 0.2) is 6.61 Å². The maximum atomic E-state index is 12.3. The number of benzene rings is 3. The van der Waals surface area contributed by atoms with Gasteiger partial charge in [-0.25, -0.2) is 4.68 Å². The number of para-hydroxylation sites is 1. The van der Waals surface area contributed by atoms with Gasteiger partial charge in [0.25, 0.3) is 11.6 Å². The van der Waals surface area contributed by atoms with E-state index in [1.807, 2.05) is 66.9 Å². The molecule has 0 radical (unpaired) electrons. The fourth-order valence-corrected chi connectivity index (χ4v) is 3.15. The summed E-state index contributed by atoms with van der Waals surface area (Å²) >= 11 is 0. The lowest BCUT2D eigenvalue weighted by Gasteiger charge is -2.07. The minimum absolute atomic E-state index is 0.0364. The van der Waals surface area contributed by atoms with Gasteiger partial charge in [-0.1, -0.05) is 48.5 Å². The Morgan fingerprint density at radius 3 is 2.28 bits per heavy atom. The number of nitro benzene ring substituents is 1. The number of rotatable bonds is 8. The minimum Gasteiger partial charge on any atom is -0.484 e. The van der Waals surface area contributed by atoms with Gasteiger partial charge >= 0.3 is 0 Å². The highest BCUT2D eigenvalue weighted by atomic mass is 16.6. The van der Waals surface area contributed by atoms with Crippen LogP contribution in [0.2, 0.25) is 0 Å². The molecule has 1 heterocycles. The van der Waals surface area contributed by atoms with Crippen molar-refractivity contribution < 1.29 is 14.5 Å². The number of amides is 1. The summed E-state index contributed by atoms with van der Waals surface area (Å²) in [6.07, 6.45) is 1.90. The number of nitro groups is 1. The molecule has 1 amide bonds. The molecular formula is C24H20N4O4. The monoisotopic (exact) mass is 428 g/mol. The van der Waals surface area contributed by atoms with E-state index in [0.29, 0.717) is 5.75 Å². The first-order valence-electron chi connectivity index (χ1n) is 9.93. The normalized spacial score (nSPS) is 10.5. The Morgan fingerprint density at radius 1 is 0.969 bits per heavy atom. The molecule has 0 fully saturated rings. The largest absolute Gasteiger partial charge is 0.484 e. The highest BCUT2D eigenvalue weighted by Crippen LogP contribution is 2.23. The number of nitrogens with one attached hydrogen (secondary N) is 1. The van der Waals surface area contributed by atoms with Gasteiger partial charge in [0.2, 0.25) is 0 Å². The SMILES string of the molecule is O=C(COc1ccc([N+](=O)[O-])cc1)NCc1cn(-c2ccccc2)nc1-c1ccccc1.